The summed E-state index contributed by atoms with van der Waals surface area (Å²) in [7, 11) is 0. The Morgan fingerprint density at radius 1 is 0.957 bits per heavy atom. The molecule has 0 aliphatic heterocycles. The van der Waals surface area contributed by atoms with Gasteiger partial charge in [0, 0.05) is 18.3 Å². The molecule has 0 saturated carbocycles. The van der Waals surface area contributed by atoms with Gasteiger partial charge in [0.1, 0.15) is 12.2 Å². The first-order valence-electron chi connectivity index (χ1n) is 6.99. The SMILES string of the molecule is CC(=O)Nc1ccc(NC(=O)CC(=O)NCc2ccco2)cc1. The molecule has 7 heteroatoms. The van der Waals surface area contributed by atoms with Gasteiger partial charge in [-0.15, -0.1) is 0 Å². The zero-order chi connectivity index (χ0) is 16.7. The minimum absolute atomic E-state index is 0.171. The number of benzene rings is 1. The van der Waals surface area contributed by atoms with Crippen LogP contribution in [-0.4, -0.2) is 17.7 Å². The predicted octanol–water partition coefficient (Wildman–Crippen LogP) is 1.88. The van der Waals surface area contributed by atoms with E-state index in [0.717, 1.165) is 0 Å². The summed E-state index contributed by atoms with van der Waals surface area (Å²) in [6.07, 6.45) is 1.23. The van der Waals surface area contributed by atoms with Crippen LogP contribution in [0.15, 0.2) is 47.1 Å². The second kappa shape index (κ2) is 7.79. The second-order valence-electron chi connectivity index (χ2n) is 4.84. The molecule has 1 aromatic carbocycles. The fourth-order valence-corrected chi connectivity index (χ4v) is 1.85. The van der Waals surface area contributed by atoms with Crippen LogP contribution < -0.4 is 16.0 Å². The zero-order valence-electron chi connectivity index (χ0n) is 12.6. The lowest BCUT2D eigenvalue weighted by Gasteiger charge is -2.07. The number of rotatable bonds is 6. The van der Waals surface area contributed by atoms with Gasteiger partial charge in [0.05, 0.1) is 12.8 Å². The topological polar surface area (TPSA) is 100 Å². The van der Waals surface area contributed by atoms with E-state index < -0.39 is 11.8 Å². The van der Waals surface area contributed by atoms with Crippen molar-refractivity contribution in [3.63, 3.8) is 0 Å². The first-order chi connectivity index (χ1) is 11.0. The summed E-state index contributed by atoms with van der Waals surface area (Å²) >= 11 is 0. The molecule has 0 saturated heterocycles. The van der Waals surface area contributed by atoms with Crippen LogP contribution >= 0.6 is 0 Å². The van der Waals surface area contributed by atoms with Gasteiger partial charge in [0.2, 0.25) is 17.7 Å². The standard InChI is InChI=1S/C16H17N3O4/c1-11(20)18-12-4-6-13(7-5-12)19-16(22)9-15(21)17-10-14-3-2-8-23-14/h2-8H,9-10H2,1H3,(H,17,21)(H,18,20)(H,19,22). The number of nitrogens with one attached hydrogen (secondary N) is 3. The highest BCUT2D eigenvalue weighted by Crippen LogP contribution is 2.13. The van der Waals surface area contributed by atoms with Crippen LogP contribution in [0, 0.1) is 0 Å². The summed E-state index contributed by atoms with van der Waals surface area (Å²) in [5, 5.41) is 7.83. The second-order valence-corrected chi connectivity index (χ2v) is 4.84. The molecule has 3 amide bonds. The van der Waals surface area contributed by atoms with E-state index in [-0.39, 0.29) is 18.9 Å². The molecule has 0 unspecified atom stereocenters. The quantitative estimate of drug-likeness (QED) is 0.709. The molecule has 23 heavy (non-hydrogen) atoms. The monoisotopic (exact) mass is 315 g/mol. The van der Waals surface area contributed by atoms with E-state index in [1.807, 2.05) is 0 Å². The largest absolute Gasteiger partial charge is 0.467 e. The van der Waals surface area contributed by atoms with E-state index in [4.69, 9.17) is 4.42 Å². The fourth-order valence-electron chi connectivity index (χ4n) is 1.85. The van der Waals surface area contributed by atoms with Gasteiger partial charge in [-0.2, -0.15) is 0 Å². The number of hydrogen-bond donors (Lipinski definition) is 3. The van der Waals surface area contributed by atoms with Crippen LogP contribution in [0.5, 0.6) is 0 Å². The summed E-state index contributed by atoms with van der Waals surface area (Å²) in [6.45, 7) is 1.65. The summed E-state index contributed by atoms with van der Waals surface area (Å²) in [5.41, 5.74) is 1.18. The van der Waals surface area contributed by atoms with E-state index >= 15 is 0 Å². The highest BCUT2D eigenvalue weighted by molar-refractivity contribution is 6.03. The van der Waals surface area contributed by atoms with Crippen molar-refractivity contribution in [2.75, 3.05) is 10.6 Å². The first-order valence-corrected chi connectivity index (χ1v) is 6.99. The third-order valence-electron chi connectivity index (χ3n) is 2.85. The minimum Gasteiger partial charge on any atom is -0.467 e. The Balaban J connectivity index is 1.77. The van der Waals surface area contributed by atoms with Gasteiger partial charge < -0.3 is 20.4 Å². The smallest absolute Gasteiger partial charge is 0.233 e. The Labute approximate surface area is 133 Å². The Hall–Kier alpha value is -3.09. The van der Waals surface area contributed by atoms with Crippen molar-refractivity contribution in [1.82, 2.24) is 5.32 Å². The lowest BCUT2D eigenvalue weighted by molar-refractivity contribution is -0.127. The van der Waals surface area contributed by atoms with E-state index in [1.54, 1.807) is 36.4 Å². The average Bonchev–Trinajstić information content (AvgIpc) is 3.00. The number of carbonyl (C=O) groups is 3. The van der Waals surface area contributed by atoms with Crippen LogP contribution in [0.4, 0.5) is 11.4 Å². The number of carbonyl (C=O) groups excluding carboxylic acids is 3. The first kappa shape index (κ1) is 16.3. The van der Waals surface area contributed by atoms with E-state index in [0.29, 0.717) is 17.1 Å². The summed E-state index contributed by atoms with van der Waals surface area (Å²) < 4.78 is 5.08. The minimum atomic E-state index is -0.422. The van der Waals surface area contributed by atoms with Crippen LogP contribution in [0.2, 0.25) is 0 Å². The normalized spacial score (nSPS) is 9.96. The molecule has 0 radical (unpaired) electrons. The molecular weight excluding hydrogens is 298 g/mol. The van der Waals surface area contributed by atoms with Crippen molar-refractivity contribution in [1.29, 1.82) is 0 Å². The van der Waals surface area contributed by atoms with Gasteiger partial charge >= 0.3 is 0 Å². The number of furan rings is 1. The summed E-state index contributed by atoms with van der Waals surface area (Å²) in [4.78, 5) is 34.3. The molecule has 3 N–H and O–H groups in total. The predicted molar refractivity (Wildman–Crippen MR) is 84.5 cm³/mol. The number of hydrogen-bond acceptors (Lipinski definition) is 4. The molecule has 0 atom stereocenters. The maximum atomic E-state index is 11.8. The number of anilines is 2. The van der Waals surface area contributed by atoms with Crippen LogP contribution in [0.25, 0.3) is 0 Å². The van der Waals surface area contributed by atoms with Crippen LogP contribution in [-0.2, 0) is 20.9 Å². The Morgan fingerprint density at radius 2 is 1.61 bits per heavy atom. The van der Waals surface area contributed by atoms with E-state index in [9.17, 15) is 14.4 Å². The molecule has 0 fully saturated rings. The average molecular weight is 315 g/mol. The third-order valence-corrected chi connectivity index (χ3v) is 2.85. The lowest BCUT2D eigenvalue weighted by Crippen LogP contribution is -2.27. The molecule has 0 bridgehead atoms. The van der Waals surface area contributed by atoms with Gasteiger partial charge in [-0.25, -0.2) is 0 Å². The maximum Gasteiger partial charge on any atom is 0.233 e. The summed E-state index contributed by atoms with van der Waals surface area (Å²) in [6, 6.07) is 10.1. The van der Waals surface area contributed by atoms with Crippen molar-refractivity contribution >= 4 is 29.1 Å². The van der Waals surface area contributed by atoms with Gasteiger partial charge in [-0.3, -0.25) is 14.4 Å². The Morgan fingerprint density at radius 3 is 2.17 bits per heavy atom. The molecule has 1 heterocycles. The van der Waals surface area contributed by atoms with Gasteiger partial charge in [0.25, 0.3) is 0 Å². The maximum absolute atomic E-state index is 11.8. The fraction of sp³-hybridized carbons (Fsp3) is 0.188. The van der Waals surface area contributed by atoms with Crippen LogP contribution in [0.1, 0.15) is 19.1 Å². The Kier molecular flexibility index (Phi) is 5.51. The van der Waals surface area contributed by atoms with Crippen molar-refractivity contribution in [3.05, 3.63) is 48.4 Å². The van der Waals surface area contributed by atoms with Crippen molar-refractivity contribution < 1.29 is 18.8 Å². The molecule has 120 valence electrons. The van der Waals surface area contributed by atoms with Crippen molar-refractivity contribution in [3.8, 4) is 0 Å². The van der Waals surface area contributed by atoms with E-state index in [1.165, 1.54) is 13.2 Å². The number of amides is 3. The van der Waals surface area contributed by atoms with Crippen LogP contribution in [0.3, 0.4) is 0 Å². The van der Waals surface area contributed by atoms with Crippen molar-refractivity contribution in [2.45, 2.75) is 19.9 Å². The van der Waals surface area contributed by atoms with E-state index in [2.05, 4.69) is 16.0 Å². The van der Waals surface area contributed by atoms with Gasteiger partial charge in [-0.1, -0.05) is 0 Å². The molecule has 0 aliphatic carbocycles. The highest BCUT2D eigenvalue weighted by Gasteiger charge is 2.10. The Bertz CT molecular complexity index is 678. The molecule has 1 aromatic heterocycles. The van der Waals surface area contributed by atoms with Crippen molar-refractivity contribution in [2.24, 2.45) is 0 Å². The van der Waals surface area contributed by atoms with Gasteiger partial charge in [-0.05, 0) is 36.4 Å². The molecule has 0 aliphatic rings. The van der Waals surface area contributed by atoms with Gasteiger partial charge in [0.15, 0.2) is 0 Å². The lowest BCUT2D eigenvalue weighted by atomic mass is 10.2. The molecule has 2 aromatic rings. The summed E-state index contributed by atoms with van der Waals surface area (Å²) in [5.74, 6) is -0.370. The third kappa shape index (κ3) is 5.66. The highest BCUT2D eigenvalue weighted by atomic mass is 16.3. The molecule has 2 rings (SSSR count). The molecule has 7 nitrogen and oxygen atoms in total. The molecular formula is C16H17N3O4. The molecule has 0 spiro atoms. The zero-order valence-corrected chi connectivity index (χ0v) is 12.6.